The molecule has 1 unspecified atom stereocenters. The molecule has 0 saturated carbocycles. The lowest BCUT2D eigenvalue weighted by atomic mass is 10.1. The Balaban J connectivity index is 0. The van der Waals surface area contributed by atoms with E-state index in [1.165, 1.54) is 12.4 Å². The normalized spacial score (nSPS) is 10.8. The van der Waals surface area contributed by atoms with Crippen molar-refractivity contribution in [2.24, 2.45) is 5.73 Å². The van der Waals surface area contributed by atoms with Crippen LogP contribution in [0, 0.1) is 0 Å². The highest BCUT2D eigenvalue weighted by atomic mass is 35.5. The Morgan fingerprint density at radius 2 is 2.00 bits per heavy atom. The zero-order valence-corrected chi connectivity index (χ0v) is 12.5. The molecular formula is C11H21Cl2N5O. The second-order valence-corrected chi connectivity index (χ2v) is 3.84. The lowest BCUT2D eigenvalue weighted by molar-refractivity contribution is 0.0931. The van der Waals surface area contributed by atoms with E-state index in [1.54, 1.807) is 0 Å². The van der Waals surface area contributed by atoms with Gasteiger partial charge in [-0.3, -0.25) is 4.79 Å². The number of anilines is 1. The highest BCUT2D eigenvalue weighted by Gasteiger charge is 2.15. The fourth-order valence-corrected chi connectivity index (χ4v) is 1.48. The molecule has 0 bridgehead atoms. The first kappa shape index (κ1) is 20.2. The number of aromatic nitrogens is 2. The molecule has 1 heterocycles. The van der Waals surface area contributed by atoms with Crippen LogP contribution in [-0.4, -0.2) is 28.5 Å². The number of halogens is 2. The Labute approximate surface area is 125 Å². The molecule has 0 aliphatic heterocycles. The number of nitrogens with one attached hydrogen (secondary N) is 1. The Morgan fingerprint density at radius 1 is 1.37 bits per heavy atom. The van der Waals surface area contributed by atoms with Crippen molar-refractivity contribution in [1.29, 1.82) is 0 Å². The third-order valence-corrected chi connectivity index (χ3v) is 2.47. The van der Waals surface area contributed by atoms with Crippen molar-refractivity contribution in [3.05, 3.63) is 18.1 Å². The molecule has 1 rings (SSSR count). The molecule has 19 heavy (non-hydrogen) atoms. The maximum Gasteiger partial charge on any atom is 0.273 e. The summed E-state index contributed by atoms with van der Waals surface area (Å²) in [6.07, 6.45) is 5.84. The molecule has 0 aromatic carbocycles. The van der Waals surface area contributed by atoms with Gasteiger partial charge in [0.05, 0.1) is 0 Å². The second kappa shape index (κ2) is 10.8. The van der Waals surface area contributed by atoms with Crippen LogP contribution in [0.15, 0.2) is 12.4 Å². The molecule has 0 fully saturated rings. The van der Waals surface area contributed by atoms with Crippen molar-refractivity contribution in [2.45, 2.75) is 32.2 Å². The molecule has 0 aliphatic rings. The number of amides is 1. The van der Waals surface area contributed by atoms with Gasteiger partial charge in [0.1, 0.15) is 0 Å². The summed E-state index contributed by atoms with van der Waals surface area (Å²) in [5.41, 5.74) is 11.3. The second-order valence-electron chi connectivity index (χ2n) is 3.84. The number of nitrogens with zero attached hydrogens (tertiary/aromatic N) is 2. The van der Waals surface area contributed by atoms with Crippen molar-refractivity contribution >= 4 is 36.5 Å². The third-order valence-electron chi connectivity index (χ3n) is 2.47. The largest absolute Gasteiger partial charge is 0.382 e. The van der Waals surface area contributed by atoms with E-state index in [0.29, 0.717) is 6.54 Å². The van der Waals surface area contributed by atoms with Crippen LogP contribution >= 0.6 is 24.8 Å². The Kier molecular flexibility index (Phi) is 11.5. The summed E-state index contributed by atoms with van der Waals surface area (Å²) in [6.45, 7) is 2.50. The quantitative estimate of drug-likeness (QED) is 0.730. The van der Waals surface area contributed by atoms with E-state index in [2.05, 4.69) is 22.2 Å². The fraction of sp³-hybridized carbons (Fsp3) is 0.545. The van der Waals surface area contributed by atoms with Gasteiger partial charge in [-0.1, -0.05) is 19.8 Å². The molecule has 1 aromatic rings. The van der Waals surface area contributed by atoms with Gasteiger partial charge in [0.15, 0.2) is 11.5 Å². The molecule has 0 radical (unpaired) electrons. The summed E-state index contributed by atoms with van der Waals surface area (Å²) in [7, 11) is 0. The predicted octanol–water partition coefficient (Wildman–Crippen LogP) is 1.15. The van der Waals surface area contributed by atoms with Crippen LogP contribution in [0.5, 0.6) is 0 Å². The zero-order chi connectivity index (χ0) is 12.7. The van der Waals surface area contributed by atoms with Crippen molar-refractivity contribution in [2.75, 3.05) is 12.3 Å². The Morgan fingerprint density at radius 3 is 2.53 bits per heavy atom. The lowest BCUT2D eigenvalue weighted by Crippen LogP contribution is -2.40. The number of carbonyl (C=O) groups is 1. The number of rotatable bonds is 6. The van der Waals surface area contributed by atoms with Crippen LogP contribution in [-0.2, 0) is 0 Å². The van der Waals surface area contributed by atoms with Crippen LogP contribution in [0.1, 0.15) is 36.7 Å². The summed E-state index contributed by atoms with van der Waals surface area (Å²) >= 11 is 0. The topological polar surface area (TPSA) is 107 Å². The van der Waals surface area contributed by atoms with E-state index in [4.69, 9.17) is 11.5 Å². The summed E-state index contributed by atoms with van der Waals surface area (Å²) in [5, 5.41) is 2.81. The molecule has 0 spiro atoms. The van der Waals surface area contributed by atoms with Crippen LogP contribution in [0.3, 0.4) is 0 Å². The molecule has 110 valence electrons. The van der Waals surface area contributed by atoms with Crippen LogP contribution in [0.4, 0.5) is 5.82 Å². The van der Waals surface area contributed by atoms with Crippen molar-refractivity contribution in [3.8, 4) is 0 Å². The SMILES string of the molecule is CCCCC(CN)NC(=O)c1nccnc1N.Cl.Cl. The zero-order valence-electron chi connectivity index (χ0n) is 10.8. The molecule has 0 saturated heterocycles. The van der Waals surface area contributed by atoms with E-state index in [1.807, 2.05) is 0 Å². The highest BCUT2D eigenvalue weighted by molar-refractivity contribution is 5.96. The van der Waals surface area contributed by atoms with Gasteiger partial charge in [-0.25, -0.2) is 9.97 Å². The van der Waals surface area contributed by atoms with Crippen molar-refractivity contribution in [3.63, 3.8) is 0 Å². The van der Waals surface area contributed by atoms with E-state index >= 15 is 0 Å². The van der Waals surface area contributed by atoms with Gasteiger partial charge in [-0.15, -0.1) is 24.8 Å². The fourth-order valence-electron chi connectivity index (χ4n) is 1.48. The molecule has 1 atom stereocenters. The number of carbonyl (C=O) groups excluding carboxylic acids is 1. The van der Waals surface area contributed by atoms with Crippen molar-refractivity contribution in [1.82, 2.24) is 15.3 Å². The lowest BCUT2D eigenvalue weighted by Gasteiger charge is -2.16. The molecular weight excluding hydrogens is 289 g/mol. The standard InChI is InChI=1S/C11H19N5O.2ClH/c1-2-3-4-8(7-12)16-11(17)9-10(13)15-6-5-14-9;;/h5-6,8H,2-4,7,12H2,1H3,(H2,13,15)(H,16,17);2*1H. The van der Waals surface area contributed by atoms with Gasteiger partial charge in [0, 0.05) is 25.0 Å². The van der Waals surface area contributed by atoms with Crippen molar-refractivity contribution < 1.29 is 4.79 Å². The summed E-state index contributed by atoms with van der Waals surface area (Å²) < 4.78 is 0. The first-order valence-corrected chi connectivity index (χ1v) is 5.76. The summed E-state index contributed by atoms with van der Waals surface area (Å²) in [6, 6.07) is -0.0381. The molecule has 5 N–H and O–H groups in total. The Bertz CT molecular complexity index is 378. The van der Waals surface area contributed by atoms with Gasteiger partial charge < -0.3 is 16.8 Å². The van der Waals surface area contributed by atoms with Crippen LogP contribution in [0.2, 0.25) is 0 Å². The smallest absolute Gasteiger partial charge is 0.273 e. The van der Waals surface area contributed by atoms with Gasteiger partial charge in [-0.2, -0.15) is 0 Å². The average molecular weight is 310 g/mol. The average Bonchev–Trinajstić information content (AvgIpc) is 2.34. The van der Waals surface area contributed by atoms with E-state index < -0.39 is 0 Å². The van der Waals surface area contributed by atoms with Gasteiger partial charge in [0.25, 0.3) is 5.91 Å². The number of nitrogen functional groups attached to an aromatic ring is 1. The van der Waals surface area contributed by atoms with Crippen LogP contribution < -0.4 is 16.8 Å². The van der Waals surface area contributed by atoms with Gasteiger partial charge in [0.2, 0.25) is 0 Å². The monoisotopic (exact) mass is 309 g/mol. The molecule has 6 nitrogen and oxygen atoms in total. The van der Waals surface area contributed by atoms with Crippen LogP contribution in [0.25, 0.3) is 0 Å². The Hall–Kier alpha value is -1.11. The minimum absolute atomic E-state index is 0. The van der Waals surface area contributed by atoms with E-state index in [0.717, 1.165) is 19.3 Å². The molecule has 8 heteroatoms. The number of hydrogen-bond donors (Lipinski definition) is 3. The number of nitrogens with two attached hydrogens (primary N) is 2. The number of hydrogen-bond acceptors (Lipinski definition) is 5. The maximum absolute atomic E-state index is 11.8. The maximum atomic E-state index is 11.8. The van der Waals surface area contributed by atoms with E-state index in [-0.39, 0.29) is 48.3 Å². The van der Waals surface area contributed by atoms with Gasteiger partial charge in [-0.05, 0) is 6.42 Å². The minimum Gasteiger partial charge on any atom is -0.382 e. The van der Waals surface area contributed by atoms with E-state index in [9.17, 15) is 4.79 Å². The first-order valence-electron chi connectivity index (χ1n) is 5.76. The third kappa shape index (κ3) is 6.56. The molecule has 0 aliphatic carbocycles. The highest BCUT2D eigenvalue weighted by Crippen LogP contribution is 2.05. The molecule has 1 amide bonds. The number of unbranched alkanes of at least 4 members (excludes halogenated alkanes) is 1. The predicted molar refractivity (Wildman–Crippen MR) is 80.8 cm³/mol. The molecule has 1 aromatic heterocycles. The van der Waals surface area contributed by atoms with Gasteiger partial charge >= 0.3 is 0 Å². The minimum atomic E-state index is -0.317. The first-order chi connectivity index (χ1) is 8.19. The summed E-state index contributed by atoms with van der Waals surface area (Å²) in [4.78, 5) is 19.6. The summed E-state index contributed by atoms with van der Waals surface area (Å²) in [5.74, 6) is -0.182.